The van der Waals surface area contributed by atoms with Gasteiger partial charge in [-0.05, 0) is 30.9 Å². The number of carbonyl (C=O) groups excluding carboxylic acids is 1. The summed E-state index contributed by atoms with van der Waals surface area (Å²) in [6.07, 6.45) is 7.82. The number of imidazole rings is 1. The zero-order chi connectivity index (χ0) is 16.4. The minimum Gasteiger partial charge on any atom is -0.379 e. The van der Waals surface area contributed by atoms with Crippen LogP contribution in [0.3, 0.4) is 0 Å². The summed E-state index contributed by atoms with van der Waals surface area (Å²) in [6, 6.07) is 3.79. The molecule has 0 bridgehead atoms. The summed E-state index contributed by atoms with van der Waals surface area (Å²) in [5.41, 5.74) is 1.61. The number of pyridine rings is 1. The monoisotopic (exact) mass is 328 g/mol. The van der Waals surface area contributed by atoms with Crippen molar-refractivity contribution < 1.29 is 9.53 Å². The second-order valence-electron chi connectivity index (χ2n) is 6.78. The van der Waals surface area contributed by atoms with Crippen molar-refractivity contribution in [1.82, 2.24) is 19.2 Å². The van der Waals surface area contributed by atoms with Gasteiger partial charge in [-0.15, -0.1) is 0 Å². The Balaban J connectivity index is 1.41. The first-order valence-electron chi connectivity index (χ1n) is 8.82. The van der Waals surface area contributed by atoms with Gasteiger partial charge in [-0.3, -0.25) is 9.69 Å². The number of nitrogens with zero attached hydrogens (tertiary/aromatic N) is 4. The molecule has 0 aromatic carbocycles. The minimum absolute atomic E-state index is 0.136. The van der Waals surface area contributed by atoms with Gasteiger partial charge in [0.1, 0.15) is 5.65 Å². The predicted molar refractivity (Wildman–Crippen MR) is 91.1 cm³/mol. The molecule has 128 valence electrons. The fraction of sp³-hybridized carbons (Fsp3) is 0.556. The van der Waals surface area contributed by atoms with Gasteiger partial charge in [0.2, 0.25) is 0 Å². The molecule has 0 spiro atoms. The van der Waals surface area contributed by atoms with Gasteiger partial charge in [0, 0.05) is 51.3 Å². The number of ether oxygens (including phenoxy) is 1. The maximum Gasteiger partial charge on any atom is 0.255 e. The lowest BCUT2D eigenvalue weighted by molar-refractivity contribution is 0.0224. The average molecular weight is 328 g/mol. The minimum atomic E-state index is 0.136. The number of aromatic nitrogens is 2. The van der Waals surface area contributed by atoms with Crippen molar-refractivity contribution >= 4 is 11.6 Å². The SMILES string of the molecule is O=C(c1ccc2nccn2c1)N1CCC[C@H](CN2CCOCC2)C1. The Morgan fingerprint density at radius 2 is 2.12 bits per heavy atom. The Labute approximate surface area is 142 Å². The third-order valence-corrected chi connectivity index (χ3v) is 5.06. The molecule has 1 atom stereocenters. The van der Waals surface area contributed by atoms with Crippen LogP contribution in [0.1, 0.15) is 23.2 Å². The number of morpholine rings is 1. The lowest BCUT2D eigenvalue weighted by atomic mass is 9.96. The van der Waals surface area contributed by atoms with Crippen LogP contribution in [0.5, 0.6) is 0 Å². The molecule has 6 heteroatoms. The number of hydrogen-bond donors (Lipinski definition) is 0. The van der Waals surface area contributed by atoms with Crippen molar-refractivity contribution in [3.05, 3.63) is 36.3 Å². The predicted octanol–water partition coefficient (Wildman–Crippen LogP) is 1.52. The molecular weight excluding hydrogens is 304 g/mol. The van der Waals surface area contributed by atoms with Crippen LogP contribution in [0.4, 0.5) is 0 Å². The van der Waals surface area contributed by atoms with Gasteiger partial charge >= 0.3 is 0 Å². The fourth-order valence-electron chi connectivity index (χ4n) is 3.78. The first-order valence-corrected chi connectivity index (χ1v) is 8.82. The Bertz CT molecular complexity index is 708. The van der Waals surface area contributed by atoms with Gasteiger partial charge in [-0.1, -0.05) is 0 Å². The highest BCUT2D eigenvalue weighted by atomic mass is 16.5. The third-order valence-electron chi connectivity index (χ3n) is 5.06. The van der Waals surface area contributed by atoms with E-state index in [1.165, 1.54) is 6.42 Å². The molecule has 2 saturated heterocycles. The first-order chi connectivity index (χ1) is 11.8. The van der Waals surface area contributed by atoms with Crippen LogP contribution < -0.4 is 0 Å². The largest absolute Gasteiger partial charge is 0.379 e. The fourth-order valence-corrected chi connectivity index (χ4v) is 3.78. The lowest BCUT2D eigenvalue weighted by Gasteiger charge is -2.36. The third kappa shape index (κ3) is 3.30. The van der Waals surface area contributed by atoms with Crippen LogP contribution in [0.25, 0.3) is 5.65 Å². The normalized spacial score (nSPS) is 22.8. The topological polar surface area (TPSA) is 50.1 Å². The Hall–Kier alpha value is -1.92. The molecule has 0 radical (unpaired) electrons. The number of carbonyl (C=O) groups is 1. The summed E-state index contributed by atoms with van der Waals surface area (Å²) in [4.78, 5) is 21.6. The molecule has 2 aromatic heterocycles. The zero-order valence-corrected chi connectivity index (χ0v) is 13.9. The van der Waals surface area contributed by atoms with Crippen LogP contribution in [0.15, 0.2) is 30.7 Å². The van der Waals surface area contributed by atoms with Crippen molar-refractivity contribution in [1.29, 1.82) is 0 Å². The molecule has 0 N–H and O–H groups in total. The molecule has 4 heterocycles. The number of piperidine rings is 1. The maximum atomic E-state index is 12.9. The van der Waals surface area contributed by atoms with E-state index in [1.54, 1.807) is 6.20 Å². The first kappa shape index (κ1) is 15.6. The highest BCUT2D eigenvalue weighted by Crippen LogP contribution is 2.20. The highest BCUT2D eigenvalue weighted by molar-refractivity contribution is 5.94. The van der Waals surface area contributed by atoms with Gasteiger partial charge in [0.05, 0.1) is 18.8 Å². The number of rotatable bonds is 3. The van der Waals surface area contributed by atoms with Crippen molar-refractivity contribution in [3.63, 3.8) is 0 Å². The van der Waals surface area contributed by atoms with Gasteiger partial charge in [-0.2, -0.15) is 0 Å². The van der Waals surface area contributed by atoms with Crippen LogP contribution in [0, 0.1) is 5.92 Å². The van der Waals surface area contributed by atoms with Gasteiger partial charge < -0.3 is 14.0 Å². The zero-order valence-electron chi connectivity index (χ0n) is 13.9. The Kier molecular flexibility index (Phi) is 4.49. The molecule has 6 nitrogen and oxygen atoms in total. The van der Waals surface area contributed by atoms with Crippen molar-refractivity contribution in [2.45, 2.75) is 12.8 Å². The standard InChI is InChI=1S/C18H24N4O2/c23-18(16-3-4-17-19-5-7-21(17)14-16)22-6-1-2-15(13-22)12-20-8-10-24-11-9-20/h3-5,7,14-15H,1-2,6,8-13H2/t15-/m1/s1. The van der Waals surface area contributed by atoms with Gasteiger partial charge in [0.25, 0.3) is 5.91 Å². The van der Waals surface area contributed by atoms with Crippen molar-refractivity contribution in [2.75, 3.05) is 45.9 Å². The second-order valence-corrected chi connectivity index (χ2v) is 6.78. The molecule has 0 aliphatic carbocycles. The quantitative estimate of drug-likeness (QED) is 0.857. The molecule has 2 aromatic rings. The molecule has 4 rings (SSSR count). The summed E-state index contributed by atoms with van der Waals surface area (Å²) in [7, 11) is 0. The molecule has 2 aliphatic rings. The summed E-state index contributed by atoms with van der Waals surface area (Å²) in [5.74, 6) is 0.704. The van der Waals surface area contributed by atoms with Crippen molar-refractivity contribution in [3.8, 4) is 0 Å². The maximum absolute atomic E-state index is 12.9. The Morgan fingerprint density at radius 3 is 3.00 bits per heavy atom. The lowest BCUT2D eigenvalue weighted by Crippen LogP contribution is -2.46. The molecule has 24 heavy (non-hydrogen) atoms. The van der Waals surface area contributed by atoms with E-state index >= 15 is 0 Å². The van der Waals surface area contributed by atoms with Gasteiger partial charge in [0.15, 0.2) is 0 Å². The molecule has 0 unspecified atom stereocenters. The molecule has 2 fully saturated rings. The molecule has 1 amide bonds. The number of likely N-dealkylation sites (tertiary alicyclic amines) is 1. The molecule has 0 saturated carbocycles. The van der Waals surface area contributed by atoms with Crippen molar-refractivity contribution in [2.24, 2.45) is 5.92 Å². The summed E-state index contributed by atoms with van der Waals surface area (Å²) in [5, 5.41) is 0. The van der Waals surface area contributed by atoms with E-state index in [0.29, 0.717) is 5.92 Å². The van der Waals surface area contributed by atoms with E-state index < -0.39 is 0 Å². The highest BCUT2D eigenvalue weighted by Gasteiger charge is 2.26. The Morgan fingerprint density at radius 1 is 1.25 bits per heavy atom. The molecule has 2 aliphatic heterocycles. The summed E-state index contributed by atoms with van der Waals surface area (Å²) >= 11 is 0. The van der Waals surface area contributed by atoms with Crippen LogP contribution in [0.2, 0.25) is 0 Å². The van der Waals surface area contributed by atoms with E-state index in [2.05, 4.69) is 9.88 Å². The van der Waals surface area contributed by atoms with Crippen LogP contribution in [-0.4, -0.2) is 71.0 Å². The van der Waals surface area contributed by atoms with Crippen LogP contribution >= 0.6 is 0 Å². The number of amides is 1. The van der Waals surface area contributed by atoms with E-state index in [0.717, 1.165) is 63.6 Å². The number of hydrogen-bond acceptors (Lipinski definition) is 4. The molecular formula is C18H24N4O2. The van der Waals surface area contributed by atoms with Crippen LogP contribution in [-0.2, 0) is 4.74 Å². The summed E-state index contributed by atoms with van der Waals surface area (Å²) in [6.45, 7) is 6.50. The van der Waals surface area contributed by atoms with E-state index in [-0.39, 0.29) is 5.91 Å². The van der Waals surface area contributed by atoms with E-state index in [9.17, 15) is 4.79 Å². The smallest absolute Gasteiger partial charge is 0.255 e. The van der Waals surface area contributed by atoms with E-state index in [1.807, 2.05) is 33.8 Å². The number of fused-ring (bicyclic) bond motifs is 1. The van der Waals surface area contributed by atoms with E-state index in [4.69, 9.17) is 4.74 Å². The second kappa shape index (κ2) is 6.91. The van der Waals surface area contributed by atoms with Gasteiger partial charge in [-0.25, -0.2) is 4.98 Å². The summed E-state index contributed by atoms with van der Waals surface area (Å²) < 4.78 is 7.33. The average Bonchev–Trinajstić information content (AvgIpc) is 3.10.